The van der Waals surface area contributed by atoms with Gasteiger partial charge in [0.2, 0.25) is 0 Å². The molecule has 0 fully saturated rings. The number of nitrogens with zero attached hydrogens (tertiary/aromatic N) is 6. The number of hydrogen-bond donors (Lipinski definition) is 2. The van der Waals surface area contributed by atoms with Crippen molar-refractivity contribution in [3.8, 4) is 44.5 Å². The van der Waals surface area contributed by atoms with E-state index in [-0.39, 0.29) is 0 Å². The van der Waals surface area contributed by atoms with Crippen LogP contribution in [0.4, 0.5) is 5.69 Å². The predicted octanol–water partition coefficient (Wildman–Crippen LogP) is 10.2. The topological polar surface area (TPSA) is 108 Å². The molecular formula is C42H26N8S. The quantitative estimate of drug-likeness (QED) is 0.139. The summed E-state index contributed by atoms with van der Waals surface area (Å²) in [5.41, 5.74) is 15.5. The summed E-state index contributed by atoms with van der Waals surface area (Å²) in [4.78, 5) is 35.2. The molecule has 8 nitrogen and oxygen atoms in total. The highest BCUT2D eigenvalue weighted by Crippen LogP contribution is 2.38. The molecule has 9 rings (SSSR count). The molecule has 9 heteroatoms. The Hall–Kier alpha value is -6.93. The van der Waals surface area contributed by atoms with Gasteiger partial charge in [-0.2, -0.15) is 4.99 Å². The molecule has 0 saturated heterocycles. The summed E-state index contributed by atoms with van der Waals surface area (Å²) in [5, 5.41) is 2.46. The third-order valence-electron chi connectivity index (χ3n) is 8.99. The molecule has 0 saturated carbocycles. The molecule has 240 valence electrons. The van der Waals surface area contributed by atoms with Gasteiger partial charge in [0.25, 0.3) is 0 Å². The Bertz CT molecular complexity index is 2690. The van der Waals surface area contributed by atoms with E-state index in [1.807, 2.05) is 60.7 Å². The van der Waals surface area contributed by atoms with E-state index in [0.717, 1.165) is 95.0 Å². The van der Waals surface area contributed by atoms with Crippen LogP contribution >= 0.6 is 12.2 Å². The van der Waals surface area contributed by atoms with Crippen LogP contribution in [0.3, 0.4) is 0 Å². The molecule has 0 amide bonds. The lowest BCUT2D eigenvalue weighted by Crippen LogP contribution is -1.90. The van der Waals surface area contributed by atoms with Crippen LogP contribution in [0.25, 0.3) is 90.9 Å². The number of benzene rings is 1. The average molecular weight is 675 g/mol. The van der Waals surface area contributed by atoms with Crippen LogP contribution in [0.5, 0.6) is 0 Å². The minimum Gasteiger partial charge on any atom is -0.354 e. The van der Waals surface area contributed by atoms with Gasteiger partial charge in [0.15, 0.2) is 0 Å². The van der Waals surface area contributed by atoms with E-state index in [1.54, 1.807) is 37.2 Å². The van der Waals surface area contributed by atoms with Gasteiger partial charge in [0, 0.05) is 81.5 Å². The van der Waals surface area contributed by atoms with Gasteiger partial charge in [-0.15, -0.1) is 0 Å². The first-order valence-electron chi connectivity index (χ1n) is 16.3. The second kappa shape index (κ2) is 12.8. The SMILES string of the molecule is S=C=Nc1ccc(-c2c3nc(c(-c4ccncc4)c4ccc([nH]4)c(-c4ccncc4)c4nc(c(-c5ccncc5)c5ccc2[nH]5)C=C4)C=C3)cc1. The van der Waals surface area contributed by atoms with Crippen LogP contribution < -0.4 is 0 Å². The van der Waals surface area contributed by atoms with Crippen LogP contribution in [0.1, 0.15) is 22.8 Å². The maximum atomic E-state index is 5.32. The summed E-state index contributed by atoms with van der Waals surface area (Å²) in [6.45, 7) is 0. The van der Waals surface area contributed by atoms with E-state index in [1.165, 1.54) is 0 Å². The van der Waals surface area contributed by atoms with Crippen LogP contribution in [0.15, 0.2) is 127 Å². The molecule has 8 bridgehead atoms. The summed E-state index contributed by atoms with van der Waals surface area (Å²) in [6, 6.07) is 28.4. The molecule has 2 N–H and O–H groups in total. The fraction of sp³-hybridized carbons (Fsp3) is 0. The number of hydrogen-bond acceptors (Lipinski definition) is 7. The zero-order valence-electron chi connectivity index (χ0n) is 26.9. The van der Waals surface area contributed by atoms with Gasteiger partial charge >= 0.3 is 0 Å². The van der Waals surface area contributed by atoms with Gasteiger partial charge in [-0.1, -0.05) is 12.1 Å². The Kier molecular flexibility index (Phi) is 7.59. The number of H-pyrrole nitrogens is 2. The fourth-order valence-electron chi connectivity index (χ4n) is 6.73. The van der Waals surface area contributed by atoms with Crippen molar-refractivity contribution >= 4 is 69.4 Å². The summed E-state index contributed by atoms with van der Waals surface area (Å²) in [6.07, 6.45) is 19.1. The zero-order chi connectivity index (χ0) is 34.1. The molecular weight excluding hydrogens is 649 g/mol. The molecule has 7 aromatic rings. The van der Waals surface area contributed by atoms with Crippen LogP contribution in [0.2, 0.25) is 0 Å². The Morgan fingerprint density at radius 3 is 1.04 bits per heavy atom. The summed E-state index contributed by atoms with van der Waals surface area (Å²) < 4.78 is 0. The molecule has 0 unspecified atom stereocenters. The number of fused-ring (bicyclic) bond motifs is 8. The van der Waals surface area contributed by atoms with Gasteiger partial charge in [-0.05, 0) is 132 Å². The third kappa shape index (κ3) is 5.58. The summed E-state index contributed by atoms with van der Waals surface area (Å²) in [5.74, 6) is 0. The van der Waals surface area contributed by atoms with Crippen LogP contribution in [-0.4, -0.2) is 40.0 Å². The lowest BCUT2D eigenvalue weighted by atomic mass is 10.0. The first-order valence-corrected chi connectivity index (χ1v) is 16.7. The van der Waals surface area contributed by atoms with Gasteiger partial charge in [0.1, 0.15) is 0 Å². The lowest BCUT2D eigenvalue weighted by Gasteiger charge is -2.07. The molecule has 8 heterocycles. The molecule has 2 aliphatic rings. The predicted molar refractivity (Wildman–Crippen MR) is 209 cm³/mol. The number of thiocarbonyl (C=S) groups is 1. The number of aliphatic imine (C=N–C) groups is 1. The van der Waals surface area contributed by atoms with Crippen LogP contribution in [-0.2, 0) is 0 Å². The average Bonchev–Trinajstić information content (AvgIpc) is 4.02. The molecule has 0 spiro atoms. The van der Waals surface area contributed by atoms with Crippen molar-refractivity contribution in [2.75, 3.05) is 0 Å². The second-order valence-electron chi connectivity index (χ2n) is 12.0. The van der Waals surface area contributed by atoms with Gasteiger partial charge < -0.3 is 9.97 Å². The second-order valence-corrected chi connectivity index (χ2v) is 12.1. The number of aromatic amines is 2. The molecule has 0 radical (unpaired) electrons. The van der Waals surface area contributed by atoms with Gasteiger partial charge in [-0.25, -0.2) is 9.97 Å². The Morgan fingerprint density at radius 1 is 0.412 bits per heavy atom. The maximum absolute atomic E-state index is 5.32. The highest BCUT2D eigenvalue weighted by Gasteiger charge is 2.19. The largest absolute Gasteiger partial charge is 0.354 e. The fourth-order valence-corrected chi connectivity index (χ4v) is 6.84. The number of aromatic nitrogens is 7. The first kappa shape index (κ1) is 30.2. The molecule has 0 aliphatic carbocycles. The standard InChI is InChI=1S/C42H26N8S/c51-25-46-30-3-1-26(2-4-30)39-31-5-7-33(47-31)40(27-13-19-43-20-14-27)35-9-11-37(49-35)42(29-17-23-45-24-18-29)38-12-10-36(50-38)41(28-15-21-44-22-16-28)34-8-6-32(39)48-34/h1-24,47,50H. The van der Waals surface area contributed by atoms with Gasteiger partial charge in [0.05, 0.1) is 33.6 Å². The molecule has 6 aromatic heterocycles. The summed E-state index contributed by atoms with van der Waals surface area (Å²) >= 11 is 4.86. The number of rotatable bonds is 5. The normalized spacial score (nSPS) is 11.8. The van der Waals surface area contributed by atoms with E-state index in [4.69, 9.17) is 22.2 Å². The van der Waals surface area contributed by atoms with Crippen LogP contribution in [0, 0.1) is 0 Å². The van der Waals surface area contributed by atoms with Crippen molar-refractivity contribution in [3.63, 3.8) is 0 Å². The van der Waals surface area contributed by atoms with Crippen molar-refractivity contribution < 1.29 is 0 Å². The molecule has 2 aliphatic heterocycles. The Balaban J connectivity index is 1.46. The van der Waals surface area contributed by atoms with Crippen molar-refractivity contribution in [1.29, 1.82) is 0 Å². The monoisotopic (exact) mass is 674 g/mol. The molecule has 1 aromatic carbocycles. The van der Waals surface area contributed by atoms with Gasteiger partial charge in [-0.3, -0.25) is 15.0 Å². The third-order valence-corrected chi connectivity index (χ3v) is 9.08. The van der Waals surface area contributed by atoms with Crippen molar-refractivity contribution in [3.05, 3.63) is 145 Å². The minimum absolute atomic E-state index is 0.732. The summed E-state index contributed by atoms with van der Waals surface area (Å²) in [7, 11) is 0. The highest BCUT2D eigenvalue weighted by atomic mass is 32.1. The number of pyridine rings is 3. The Morgan fingerprint density at radius 2 is 0.725 bits per heavy atom. The van der Waals surface area contributed by atoms with E-state index in [2.05, 4.69) is 83.6 Å². The van der Waals surface area contributed by atoms with E-state index in [9.17, 15) is 0 Å². The van der Waals surface area contributed by atoms with E-state index in [0.29, 0.717) is 0 Å². The number of nitrogens with one attached hydrogen (secondary N) is 2. The maximum Gasteiger partial charge on any atom is 0.0739 e. The Labute approximate surface area is 297 Å². The van der Waals surface area contributed by atoms with E-state index >= 15 is 0 Å². The first-order chi connectivity index (χ1) is 25.2. The zero-order valence-corrected chi connectivity index (χ0v) is 27.8. The molecule has 51 heavy (non-hydrogen) atoms. The minimum atomic E-state index is 0.732. The van der Waals surface area contributed by atoms with Crippen molar-refractivity contribution in [2.45, 2.75) is 0 Å². The smallest absolute Gasteiger partial charge is 0.0739 e. The lowest BCUT2D eigenvalue weighted by molar-refractivity contribution is 1.29. The van der Waals surface area contributed by atoms with E-state index < -0.39 is 0 Å². The highest BCUT2D eigenvalue weighted by molar-refractivity contribution is 7.78. The number of isothiocyanates is 1. The van der Waals surface area contributed by atoms with Crippen molar-refractivity contribution in [1.82, 2.24) is 34.9 Å². The molecule has 0 atom stereocenters. The van der Waals surface area contributed by atoms with Crippen molar-refractivity contribution in [2.24, 2.45) is 4.99 Å².